The minimum atomic E-state index is -0.337. The lowest BCUT2D eigenvalue weighted by molar-refractivity contribution is -0.118. The van der Waals surface area contributed by atoms with Crippen molar-refractivity contribution in [3.63, 3.8) is 0 Å². The zero-order chi connectivity index (χ0) is 18.7. The van der Waals surface area contributed by atoms with Crippen LogP contribution in [0.5, 0.6) is 5.75 Å². The number of amides is 1. The van der Waals surface area contributed by atoms with E-state index in [1.54, 1.807) is 24.3 Å². The first kappa shape index (κ1) is 18.8. The lowest BCUT2D eigenvalue weighted by atomic mass is 9.85. The molecule has 26 heavy (non-hydrogen) atoms. The van der Waals surface area contributed by atoms with Crippen LogP contribution in [0, 0.1) is 21.1 Å². The highest BCUT2D eigenvalue weighted by molar-refractivity contribution is 7.73. The van der Waals surface area contributed by atoms with Gasteiger partial charge in [-0.15, -0.1) is 11.3 Å². The molecule has 2 aromatic rings. The molecular weight excluding hydrogens is 388 g/mol. The third kappa shape index (κ3) is 4.24. The lowest BCUT2D eigenvalue weighted by Gasteiger charge is -2.23. The van der Waals surface area contributed by atoms with E-state index in [-0.39, 0.29) is 12.5 Å². The third-order valence-corrected chi connectivity index (χ3v) is 5.98. The van der Waals surface area contributed by atoms with Crippen molar-refractivity contribution in [1.82, 2.24) is 0 Å². The van der Waals surface area contributed by atoms with E-state index in [4.69, 9.17) is 28.6 Å². The van der Waals surface area contributed by atoms with Gasteiger partial charge in [0.1, 0.15) is 16.8 Å². The summed E-state index contributed by atoms with van der Waals surface area (Å²) in [7, 11) is 0. The molecule has 1 N–H and O–H groups in total. The second-order valence-electron chi connectivity index (χ2n) is 6.30. The Morgan fingerprint density at radius 2 is 2.31 bits per heavy atom. The Kier molecular flexibility index (Phi) is 5.92. The molecule has 1 aliphatic carbocycles. The summed E-state index contributed by atoms with van der Waals surface area (Å²) in [5.74, 6) is 0.742. The van der Waals surface area contributed by atoms with Gasteiger partial charge in [-0.05, 0) is 54.5 Å². The number of anilines is 1. The molecule has 0 radical (unpaired) electrons. The molecule has 1 amide bonds. The van der Waals surface area contributed by atoms with Crippen LogP contribution in [-0.2, 0) is 17.6 Å². The number of benzene rings is 1. The van der Waals surface area contributed by atoms with Crippen molar-refractivity contribution < 1.29 is 9.53 Å². The smallest absolute Gasteiger partial charge is 0.262 e. The van der Waals surface area contributed by atoms with E-state index in [0.29, 0.717) is 27.3 Å². The molecule has 1 aromatic carbocycles. The van der Waals surface area contributed by atoms with Gasteiger partial charge in [-0.1, -0.05) is 36.8 Å². The van der Waals surface area contributed by atoms with Gasteiger partial charge >= 0.3 is 0 Å². The van der Waals surface area contributed by atoms with Crippen LogP contribution in [0.1, 0.15) is 30.0 Å². The molecule has 0 bridgehead atoms. The number of ether oxygens (including phenoxy) is 1. The molecule has 0 saturated carbocycles. The van der Waals surface area contributed by atoms with Crippen LogP contribution in [-0.4, -0.2) is 12.5 Å². The van der Waals surface area contributed by atoms with Crippen molar-refractivity contribution in [2.24, 2.45) is 5.92 Å². The van der Waals surface area contributed by atoms with Gasteiger partial charge in [0.25, 0.3) is 5.91 Å². The minimum absolute atomic E-state index is 0.168. The zero-order valence-electron chi connectivity index (χ0n) is 14.2. The molecule has 3 rings (SSSR count). The SMILES string of the molecule is CC1CCc2c(C#N)c(NC(=O)COc3cccc(Cl)c3)sc(=S)c2C1. The predicted molar refractivity (Wildman–Crippen MR) is 107 cm³/mol. The molecule has 1 atom stereocenters. The molecule has 0 fully saturated rings. The van der Waals surface area contributed by atoms with Crippen molar-refractivity contribution in [3.05, 3.63) is 49.8 Å². The molecule has 4 nitrogen and oxygen atoms in total. The van der Waals surface area contributed by atoms with Gasteiger partial charge in [0.15, 0.2) is 6.61 Å². The zero-order valence-corrected chi connectivity index (χ0v) is 16.6. The van der Waals surface area contributed by atoms with E-state index in [2.05, 4.69) is 18.3 Å². The number of hydrogen-bond acceptors (Lipinski definition) is 5. The van der Waals surface area contributed by atoms with Crippen LogP contribution < -0.4 is 10.1 Å². The fourth-order valence-corrected chi connectivity index (χ4v) is 4.60. The normalized spacial score (nSPS) is 15.7. The highest BCUT2D eigenvalue weighted by Gasteiger charge is 2.23. The summed E-state index contributed by atoms with van der Waals surface area (Å²) >= 11 is 12.7. The Hall–Kier alpha value is -1.94. The van der Waals surface area contributed by atoms with Crippen LogP contribution in [0.3, 0.4) is 0 Å². The van der Waals surface area contributed by atoms with Gasteiger partial charge in [-0.2, -0.15) is 5.26 Å². The summed E-state index contributed by atoms with van der Waals surface area (Å²) in [5, 5.41) is 13.4. The van der Waals surface area contributed by atoms with E-state index >= 15 is 0 Å². The molecule has 0 saturated heterocycles. The summed E-state index contributed by atoms with van der Waals surface area (Å²) in [6.07, 6.45) is 2.74. The lowest BCUT2D eigenvalue weighted by Crippen LogP contribution is -2.21. The van der Waals surface area contributed by atoms with Crippen LogP contribution in [0.2, 0.25) is 5.02 Å². The first-order valence-electron chi connectivity index (χ1n) is 8.25. The topological polar surface area (TPSA) is 62.1 Å². The molecule has 1 aliphatic rings. The summed E-state index contributed by atoms with van der Waals surface area (Å²) in [4.78, 5) is 12.3. The number of nitriles is 1. The fourth-order valence-electron chi connectivity index (χ4n) is 3.01. The predicted octanol–water partition coefficient (Wildman–Crippen LogP) is 5.14. The van der Waals surface area contributed by atoms with E-state index < -0.39 is 0 Å². The van der Waals surface area contributed by atoms with Gasteiger partial charge in [0.05, 0.1) is 9.39 Å². The standard InChI is InChI=1S/C19H17ClN2O2S2/c1-11-5-6-14-15(7-11)19(25)26-18(16(14)9-21)22-17(23)10-24-13-4-2-3-12(20)8-13/h2-4,8,11H,5-7,10H2,1H3,(H,22,23). The molecule has 0 aliphatic heterocycles. The van der Waals surface area contributed by atoms with Gasteiger partial charge in [-0.3, -0.25) is 4.79 Å². The monoisotopic (exact) mass is 404 g/mol. The fraction of sp³-hybridized carbons (Fsp3) is 0.316. The number of hydrogen-bond donors (Lipinski definition) is 1. The second-order valence-corrected chi connectivity index (χ2v) is 8.43. The Bertz CT molecular complexity index is 950. The van der Waals surface area contributed by atoms with Gasteiger partial charge < -0.3 is 10.1 Å². The molecule has 7 heteroatoms. The maximum atomic E-state index is 12.3. The average Bonchev–Trinajstić information content (AvgIpc) is 2.61. The van der Waals surface area contributed by atoms with E-state index in [9.17, 15) is 10.1 Å². The highest BCUT2D eigenvalue weighted by atomic mass is 35.5. The van der Waals surface area contributed by atoms with Gasteiger partial charge in [-0.25, -0.2) is 0 Å². The van der Waals surface area contributed by atoms with E-state index in [1.807, 2.05) is 0 Å². The number of carbonyl (C=O) groups excluding carboxylic acids is 1. The molecule has 1 aromatic heterocycles. The Morgan fingerprint density at radius 3 is 3.04 bits per heavy atom. The maximum absolute atomic E-state index is 12.3. The van der Waals surface area contributed by atoms with Crippen molar-refractivity contribution in [2.75, 3.05) is 11.9 Å². The molecular formula is C19H17ClN2O2S2. The first-order chi connectivity index (χ1) is 12.5. The largest absolute Gasteiger partial charge is 0.484 e. The molecule has 134 valence electrons. The van der Waals surface area contributed by atoms with Crippen LogP contribution in [0.4, 0.5) is 5.00 Å². The summed E-state index contributed by atoms with van der Waals surface area (Å²) in [6, 6.07) is 9.09. The summed E-state index contributed by atoms with van der Waals surface area (Å²) in [6.45, 7) is 2.02. The second kappa shape index (κ2) is 8.17. The summed E-state index contributed by atoms with van der Waals surface area (Å²) < 4.78 is 6.20. The Balaban J connectivity index is 1.77. The Labute approximate surface area is 166 Å². The number of carbonyl (C=O) groups is 1. The van der Waals surface area contributed by atoms with Crippen molar-refractivity contribution in [3.8, 4) is 11.8 Å². The van der Waals surface area contributed by atoms with E-state index in [0.717, 1.165) is 34.2 Å². The highest BCUT2D eigenvalue weighted by Crippen LogP contribution is 2.35. The van der Waals surface area contributed by atoms with Crippen molar-refractivity contribution in [2.45, 2.75) is 26.2 Å². The summed E-state index contributed by atoms with van der Waals surface area (Å²) in [5.41, 5.74) is 2.61. The van der Waals surface area contributed by atoms with Crippen molar-refractivity contribution in [1.29, 1.82) is 5.26 Å². The number of nitrogens with one attached hydrogen (secondary N) is 1. The molecule has 0 spiro atoms. The van der Waals surface area contributed by atoms with Crippen LogP contribution >= 0.6 is 35.2 Å². The van der Waals surface area contributed by atoms with Crippen LogP contribution in [0.25, 0.3) is 0 Å². The van der Waals surface area contributed by atoms with Crippen molar-refractivity contribution >= 4 is 46.1 Å². The first-order valence-corrected chi connectivity index (χ1v) is 9.85. The van der Waals surface area contributed by atoms with Crippen LogP contribution in [0.15, 0.2) is 24.3 Å². The number of halogens is 1. The number of fused-ring (bicyclic) bond motifs is 1. The van der Waals surface area contributed by atoms with Gasteiger partial charge in [0, 0.05) is 5.02 Å². The number of nitrogens with zero attached hydrogens (tertiary/aromatic N) is 1. The van der Waals surface area contributed by atoms with E-state index in [1.165, 1.54) is 11.3 Å². The average molecular weight is 405 g/mol. The quantitative estimate of drug-likeness (QED) is 0.716. The Morgan fingerprint density at radius 1 is 1.50 bits per heavy atom. The van der Waals surface area contributed by atoms with Gasteiger partial charge in [0.2, 0.25) is 0 Å². The number of rotatable bonds is 4. The minimum Gasteiger partial charge on any atom is -0.484 e. The maximum Gasteiger partial charge on any atom is 0.262 e. The molecule has 1 unspecified atom stereocenters. The third-order valence-electron chi connectivity index (χ3n) is 4.30. The molecule has 1 heterocycles.